The molecule has 2 saturated carbocycles. The summed E-state index contributed by atoms with van der Waals surface area (Å²) in [4.78, 5) is 24.8. The van der Waals surface area contributed by atoms with Crippen LogP contribution in [-0.2, 0) is 24.3 Å². The number of fused-ring (bicyclic) bond motifs is 1. The van der Waals surface area contributed by atoms with E-state index < -0.39 is 27.6 Å². The zero-order valence-electron chi connectivity index (χ0n) is 20.5. The zero-order valence-corrected chi connectivity index (χ0v) is 21.3. The zero-order chi connectivity index (χ0) is 23.9. The number of nitrogens with zero attached hydrogens (tertiary/aromatic N) is 1. The first-order valence-electron chi connectivity index (χ1n) is 12.2. The standard InChI is InChI=1S/C24H42N2O5S/c1-22(2,3)31-20(27)12-10-8-6-7-9-11-18(25)21(28)26-19-15-17-13-14-24(19,23(17,4)5)16-32(26,29)30/h17-19H,6-16,25H2,1-5H3/t17-,18+,19-,24-/m1/s1. The Bertz CT molecular complexity index is 832. The second kappa shape index (κ2) is 8.90. The van der Waals surface area contributed by atoms with Gasteiger partial charge in [0.05, 0.1) is 17.8 Å². The number of carbonyl (C=O) groups is 2. The molecule has 1 amide bonds. The molecule has 184 valence electrons. The van der Waals surface area contributed by atoms with Crippen molar-refractivity contribution in [3.8, 4) is 0 Å². The summed E-state index contributed by atoms with van der Waals surface area (Å²) < 4.78 is 32.5. The van der Waals surface area contributed by atoms with E-state index in [-0.39, 0.29) is 28.6 Å². The van der Waals surface area contributed by atoms with E-state index in [1.54, 1.807) is 0 Å². The molecule has 1 spiro atoms. The molecule has 0 radical (unpaired) electrons. The number of esters is 1. The van der Waals surface area contributed by atoms with Gasteiger partial charge in [0.1, 0.15) is 5.60 Å². The lowest BCUT2D eigenvalue weighted by Crippen LogP contribution is -2.50. The average Bonchev–Trinajstić information content (AvgIpc) is 3.12. The van der Waals surface area contributed by atoms with Gasteiger partial charge in [-0.25, -0.2) is 12.7 Å². The fraction of sp³-hybridized carbons (Fsp3) is 0.917. The number of rotatable bonds is 9. The van der Waals surface area contributed by atoms with Crippen molar-refractivity contribution in [2.75, 3.05) is 5.75 Å². The van der Waals surface area contributed by atoms with Gasteiger partial charge in [0.2, 0.25) is 10.0 Å². The molecule has 3 aliphatic rings. The predicted molar refractivity (Wildman–Crippen MR) is 124 cm³/mol. The lowest BCUT2D eigenvalue weighted by atomic mass is 9.69. The van der Waals surface area contributed by atoms with Gasteiger partial charge in [0.25, 0.3) is 5.91 Å². The van der Waals surface area contributed by atoms with Gasteiger partial charge in [-0.1, -0.05) is 39.5 Å². The molecule has 0 aromatic heterocycles. The molecule has 1 heterocycles. The molecule has 3 rings (SSSR count). The number of sulfonamides is 1. The number of ether oxygens (including phenoxy) is 1. The van der Waals surface area contributed by atoms with E-state index in [0.717, 1.165) is 51.4 Å². The number of amides is 1. The molecule has 7 nitrogen and oxygen atoms in total. The second-order valence-electron chi connectivity index (χ2n) is 11.8. The Morgan fingerprint density at radius 3 is 2.38 bits per heavy atom. The highest BCUT2D eigenvalue weighted by Gasteiger charge is 2.72. The molecule has 1 saturated heterocycles. The summed E-state index contributed by atoms with van der Waals surface area (Å²) in [6, 6.07) is -0.989. The molecule has 1 aliphatic heterocycles. The number of carbonyl (C=O) groups excluding carboxylic acids is 2. The maximum absolute atomic E-state index is 13.1. The van der Waals surface area contributed by atoms with Crippen LogP contribution in [0.5, 0.6) is 0 Å². The van der Waals surface area contributed by atoms with Crippen LogP contribution in [-0.4, -0.2) is 48.0 Å². The fourth-order valence-corrected chi connectivity index (χ4v) is 9.01. The Morgan fingerprint density at radius 1 is 1.12 bits per heavy atom. The predicted octanol–water partition coefficient (Wildman–Crippen LogP) is 3.75. The summed E-state index contributed by atoms with van der Waals surface area (Å²) in [7, 11) is -3.61. The van der Waals surface area contributed by atoms with Gasteiger partial charge < -0.3 is 10.5 Å². The van der Waals surface area contributed by atoms with Crippen molar-refractivity contribution in [2.24, 2.45) is 22.5 Å². The summed E-state index contributed by atoms with van der Waals surface area (Å²) in [5.41, 5.74) is 5.38. The van der Waals surface area contributed by atoms with Crippen molar-refractivity contribution >= 4 is 21.9 Å². The van der Waals surface area contributed by atoms with Crippen molar-refractivity contribution < 1.29 is 22.7 Å². The highest BCUT2D eigenvalue weighted by Crippen LogP contribution is 2.70. The summed E-state index contributed by atoms with van der Waals surface area (Å²) in [6.07, 6.45) is 7.97. The van der Waals surface area contributed by atoms with Crippen molar-refractivity contribution in [3.63, 3.8) is 0 Å². The van der Waals surface area contributed by atoms with Gasteiger partial charge in [0, 0.05) is 11.8 Å². The molecule has 3 fully saturated rings. The molecule has 0 aromatic rings. The average molecular weight is 471 g/mol. The van der Waals surface area contributed by atoms with Crippen molar-refractivity contribution in [2.45, 2.75) is 117 Å². The third-order valence-electron chi connectivity index (χ3n) is 8.26. The molecule has 0 unspecified atom stereocenters. The molecular weight excluding hydrogens is 428 g/mol. The van der Waals surface area contributed by atoms with Gasteiger partial charge >= 0.3 is 5.97 Å². The quantitative estimate of drug-likeness (QED) is 0.406. The highest BCUT2D eigenvalue weighted by atomic mass is 32.2. The summed E-state index contributed by atoms with van der Waals surface area (Å²) in [5, 5.41) is 0. The molecule has 4 atom stereocenters. The van der Waals surface area contributed by atoms with Crippen LogP contribution in [0, 0.1) is 16.7 Å². The highest BCUT2D eigenvalue weighted by molar-refractivity contribution is 7.90. The first-order valence-corrected chi connectivity index (χ1v) is 13.9. The van der Waals surface area contributed by atoms with E-state index in [1.165, 1.54) is 4.31 Å². The molecule has 2 bridgehead atoms. The molecule has 32 heavy (non-hydrogen) atoms. The van der Waals surface area contributed by atoms with Crippen LogP contribution < -0.4 is 5.73 Å². The van der Waals surface area contributed by atoms with E-state index in [2.05, 4.69) is 13.8 Å². The summed E-state index contributed by atoms with van der Waals surface area (Å²) >= 11 is 0. The minimum absolute atomic E-state index is 0.0524. The molecular formula is C24H42N2O5S. The molecule has 8 heteroatoms. The van der Waals surface area contributed by atoms with Gasteiger partial charge in [-0.3, -0.25) is 9.59 Å². The van der Waals surface area contributed by atoms with Gasteiger partial charge in [-0.05, 0) is 64.2 Å². The SMILES string of the molecule is CC(C)(C)OC(=O)CCCCCCC[C@H](N)C(=O)N1[C@@H]2C[C@H]3CC[C@]2(CS1(=O)=O)C3(C)C. The van der Waals surface area contributed by atoms with Gasteiger partial charge in [-0.2, -0.15) is 0 Å². The minimum Gasteiger partial charge on any atom is -0.460 e. The topological polar surface area (TPSA) is 107 Å². The van der Waals surface area contributed by atoms with Crippen LogP contribution in [0.3, 0.4) is 0 Å². The first kappa shape index (κ1) is 25.5. The minimum atomic E-state index is -3.61. The van der Waals surface area contributed by atoms with E-state index in [4.69, 9.17) is 10.5 Å². The fourth-order valence-electron chi connectivity index (χ4n) is 6.42. The second-order valence-corrected chi connectivity index (χ2v) is 13.6. The van der Waals surface area contributed by atoms with E-state index in [9.17, 15) is 18.0 Å². The van der Waals surface area contributed by atoms with E-state index in [1.807, 2.05) is 20.8 Å². The Hall–Kier alpha value is -1.15. The Balaban J connectivity index is 1.42. The maximum atomic E-state index is 13.1. The number of unbranched alkanes of at least 4 members (excludes halogenated alkanes) is 4. The van der Waals surface area contributed by atoms with Crippen LogP contribution in [0.2, 0.25) is 0 Å². The Labute approximate surface area is 193 Å². The largest absolute Gasteiger partial charge is 0.460 e. The van der Waals surface area contributed by atoms with Gasteiger partial charge in [0.15, 0.2) is 0 Å². The third-order valence-corrected chi connectivity index (χ3v) is 10.2. The summed E-state index contributed by atoms with van der Waals surface area (Å²) in [6.45, 7) is 9.94. The molecule has 2 aliphatic carbocycles. The third kappa shape index (κ3) is 4.72. The van der Waals surface area contributed by atoms with E-state index >= 15 is 0 Å². The van der Waals surface area contributed by atoms with Crippen molar-refractivity contribution in [1.82, 2.24) is 4.31 Å². The maximum Gasteiger partial charge on any atom is 0.306 e. The lowest BCUT2D eigenvalue weighted by Gasteiger charge is -2.37. The summed E-state index contributed by atoms with van der Waals surface area (Å²) in [5.74, 6) is -0.0153. The monoisotopic (exact) mass is 470 g/mol. The van der Waals surface area contributed by atoms with Crippen molar-refractivity contribution in [1.29, 1.82) is 0 Å². The Kier molecular flexibility index (Phi) is 7.08. The van der Waals surface area contributed by atoms with Crippen LogP contribution >= 0.6 is 0 Å². The van der Waals surface area contributed by atoms with Gasteiger partial charge in [-0.15, -0.1) is 0 Å². The smallest absolute Gasteiger partial charge is 0.306 e. The van der Waals surface area contributed by atoms with Crippen LogP contribution in [0.1, 0.15) is 98.8 Å². The normalized spacial score (nSPS) is 30.9. The Morgan fingerprint density at radius 2 is 1.75 bits per heavy atom. The number of hydrogen-bond donors (Lipinski definition) is 1. The van der Waals surface area contributed by atoms with Crippen LogP contribution in [0.15, 0.2) is 0 Å². The van der Waals surface area contributed by atoms with Crippen LogP contribution in [0.4, 0.5) is 0 Å². The lowest BCUT2D eigenvalue weighted by molar-refractivity contribution is -0.154. The van der Waals surface area contributed by atoms with E-state index in [0.29, 0.717) is 18.8 Å². The number of nitrogens with two attached hydrogens (primary N) is 1. The van der Waals surface area contributed by atoms with Crippen LogP contribution in [0.25, 0.3) is 0 Å². The first-order chi connectivity index (χ1) is 14.7. The molecule has 2 N–H and O–H groups in total. The molecule has 0 aromatic carbocycles. The van der Waals surface area contributed by atoms with Crippen molar-refractivity contribution in [3.05, 3.63) is 0 Å². The number of hydrogen-bond acceptors (Lipinski definition) is 6.